The molecule has 8 nitrogen and oxygen atoms in total. The van der Waals surface area contributed by atoms with Crippen LogP contribution >= 0.6 is 0 Å². The highest BCUT2D eigenvalue weighted by atomic mass is 16.4. The summed E-state index contributed by atoms with van der Waals surface area (Å²) in [6.07, 6.45) is 1.00. The van der Waals surface area contributed by atoms with Crippen molar-refractivity contribution in [2.75, 3.05) is 19.6 Å². The van der Waals surface area contributed by atoms with Crippen LogP contribution in [0.5, 0.6) is 0 Å². The number of hydrogen-bond donors (Lipinski definition) is 3. The van der Waals surface area contributed by atoms with Crippen molar-refractivity contribution in [2.24, 2.45) is 10.7 Å². The normalized spacial score (nSPS) is 20.4. The minimum atomic E-state index is -1.13. The molecule has 0 aromatic carbocycles. The maximum atomic E-state index is 11.9. The summed E-state index contributed by atoms with van der Waals surface area (Å²) in [6, 6.07) is -0.672. The third-order valence-electron chi connectivity index (χ3n) is 2.62. The van der Waals surface area contributed by atoms with E-state index in [9.17, 15) is 14.4 Å². The van der Waals surface area contributed by atoms with Gasteiger partial charge in [-0.3, -0.25) is 19.4 Å². The van der Waals surface area contributed by atoms with Crippen molar-refractivity contribution in [3.8, 4) is 0 Å². The number of nitrogens with zero attached hydrogens (tertiary/aromatic N) is 2. The van der Waals surface area contributed by atoms with Gasteiger partial charge in [0.2, 0.25) is 11.8 Å². The molecule has 2 amide bonds. The lowest BCUT2D eigenvalue weighted by atomic mass is 10.1. The zero-order valence-electron chi connectivity index (χ0n) is 10.8. The predicted octanol–water partition coefficient (Wildman–Crippen LogP) is -1.44. The first-order chi connectivity index (χ1) is 8.90. The van der Waals surface area contributed by atoms with Crippen molar-refractivity contribution in [2.45, 2.75) is 25.8 Å². The van der Waals surface area contributed by atoms with Gasteiger partial charge >= 0.3 is 5.97 Å². The van der Waals surface area contributed by atoms with E-state index in [2.05, 4.69) is 10.3 Å². The van der Waals surface area contributed by atoms with Crippen LogP contribution in [0, 0.1) is 0 Å². The fraction of sp³-hybridized carbons (Fsp3) is 0.636. The van der Waals surface area contributed by atoms with E-state index in [1.54, 1.807) is 6.92 Å². The summed E-state index contributed by atoms with van der Waals surface area (Å²) >= 11 is 0. The molecule has 0 bridgehead atoms. The molecule has 19 heavy (non-hydrogen) atoms. The Morgan fingerprint density at radius 2 is 2.26 bits per heavy atom. The van der Waals surface area contributed by atoms with Gasteiger partial charge in [0.1, 0.15) is 19.1 Å². The van der Waals surface area contributed by atoms with Crippen molar-refractivity contribution in [3.05, 3.63) is 0 Å². The van der Waals surface area contributed by atoms with E-state index in [4.69, 9.17) is 10.8 Å². The van der Waals surface area contributed by atoms with Gasteiger partial charge in [-0.05, 0) is 19.8 Å². The number of amides is 2. The van der Waals surface area contributed by atoms with Gasteiger partial charge in [-0.15, -0.1) is 0 Å². The number of carboxylic acids is 1. The van der Waals surface area contributed by atoms with Crippen molar-refractivity contribution in [1.82, 2.24) is 10.2 Å². The number of nitrogens with one attached hydrogen (secondary N) is 1. The largest absolute Gasteiger partial charge is 0.480 e. The first-order valence-corrected chi connectivity index (χ1v) is 5.96. The Labute approximate surface area is 110 Å². The fourth-order valence-electron chi connectivity index (χ4n) is 1.82. The highest BCUT2D eigenvalue weighted by Crippen LogP contribution is 2.08. The van der Waals surface area contributed by atoms with Crippen LogP contribution < -0.4 is 11.1 Å². The van der Waals surface area contributed by atoms with E-state index >= 15 is 0 Å². The third-order valence-corrected chi connectivity index (χ3v) is 2.62. The van der Waals surface area contributed by atoms with Crippen LogP contribution in [0.25, 0.3) is 0 Å². The highest BCUT2D eigenvalue weighted by molar-refractivity contribution is 5.96. The topological polar surface area (TPSA) is 125 Å². The molecular weight excluding hydrogens is 252 g/mol. The number of piperazine rings is 1. The number of carbonyl (C=O) groups is 3. The minimum absolute atomic E-state index is 0.207. The molecule has 4 N–H and O–H groups in total. The van der Waals surface area contributed by atoms with Gasteiger partial charge < -0.3 is 21.1 Å². The monoisotopic (exact) mass is 270 g/mol. The molecule has 0 saturated carbocycles. The Morgan fingerprint density at radius 3 is 2.84 bits per heavy atom. The number of aliphatic imine (C=N–C) groups is 1. The van der Waals surface area contributed by atoms with Gasteiger partial charge in [-0.1, -0.05) is 0 Å². The van der Waals surface area contributed by atoms with E-state index < -0.39 is 18.6 Å². The van der Waals surface area contributed by atoms with Crippen molar-refractivity contribution >= 4 is 23.6 Å². The van der Waals surface area contributed by atoms with Gasteiger partial charge in [-0.25, -0.2) is 0 Å². The lowest BCUT2D eigenvalue weighted by Gasteiger charge is -2.31. The van der Waals surface area contributed by atoms with Crippen LogP contribution in [-0.2, 0) is 14.4 Å². The van der Waals surface area contributed by atoms with Gasteiger partial charge in [0.25, 0.3) is 0 Å². The zero-order valence-corrected chi connectivity index (χ0v) is 10.8. The number of nitrogens with two attached hydrogens (primary N) is 1. The Morgan fingerprint density at radius 1 is 1.58 bits per heavy atom. The molecule has 0 radical (unpaired) electrons. The molecule has 0 aromatic heterocycles. The van der Waals surface area contributed by atoms with Gasteiger partial charge in [0.15, 0.2) is 0 Å². The quantitative estimate of drug-likeness (QED) is 0.309. The molecule has 106 valence electrons. The maximum Gasteiger partial charge on any atom is 0.323 e. The fourth-order valence-corrected chi connectivity index (χ4v) is 1.82. The molecule has 1 saturated heterocycles. The molecular formula is C11H18N4O4. The molecule has 8 heteroatoms. The lowest BCUT2D eigenvalue weighted by Crippen LogP contribution is -2.58. The molecule has 0 aromatic rings. The second-order valence-electron chi connectivity index (χ2n) is 4.37. The average molecular weight is 270 g/mol. The first kappa shape index (κ1) is 14.9. The molecule has 1 rings (SSSR count). The van der Waals surface area contributed by atoms with Crippen molar-refractivity contribution in [1.29, 1.82) is 0 Å². The Balaban J connectivity index is 2.52. The summed E-state index contributed by atoms with van der Waals surface area (Å²) < 4.78 is 0. The standard InChI is InChI=1S/C11H18N4O4/c1-7(12)13-4-2-3-8-11(19)15(6-10(17)18)5-9(16)14-8/h8H,2-6H2,1H3,(H2,12,13)(H,14,16)(H,17,18). The van der Waals surface area contributed by atoms with Gasteiger partial charge in [0.05, 0.1) is 5.84 Å². The van der Waals surface area contributed by atoms with E-state index in [0.717, 1.165) is 4.90 Å². The third kappa shape index (κ3) is 4.94. The highest BCUT2D eigenvalue weighted by Gasteiger charge is 2.32. The van der Waals surface area contributed by atoms with E-state index in [1.807, 2.05) is 0 Å². The molecule has 0 spiro atoms. The summed E-state index contributed by atoms with van der Waals surface area (Å²) in [5.41, 5.74) is 5.38. The minimum Gasteiger partial charge on any atom is -0.480 e. The summed E-state index contributed by atoms with van der Waals surface area (Å²) in [7, 11) is 0. The van der Waals surface area contributed by atoms with Crippen molar-refractivity contribution in [3.63, 3.8) is 0 Å². The summed E-state index contributed by atoms with van der Waals surface area (Å²) in [5.74, 6) is -1.38. The molecule has 0 aliphatic carbocycles. The first-order valence-electron chi connectivity index (χ1n) is 5.96. The number of carbonyl (C=O) groups excluding carboxylic acids is 2. The smallest absolute Gasteiger partial charge is 0.323 e. The van der Waals surface area contributed by atoms with Crippen LogP contribution in [0.2, 0.25) is 0 Å². The Bertz CT molecular complexity index is 401. The average Bonchev–Trinajstić information content (AvgIpc) is 2.29. The van der Waals surface area contributed by atoms with E-state index in [0.29, 0.717) is 25.2 Å². The maximum absolute atomic E-state index is 11.9. The Kier molecular flexibility index (Phi) is 5.28. The number of hydrogen-bond acceptors (Lipinski definition) is 4. The van der Waals surface area contributed by atoms with Gasteiger partial charge in [0, 0.05) is 6.54 Å². The van der Waals surface area contributed by atoms with Crippen LogP contribution in [0.1, 0.15) is 19.8 Å². The molecule has 1 heterocycles. The summed E-state index contributed by atoms with van der Waals surface area (Å²) in [4.78, 5) is 39.0. The van der Waals surface area contributed by atoms with E-state index in [-0.39, 0.29) is 18.4 Å². The molecule has 1 unspecified atom stereocenters. The van der Waals surface area contributed by atoms with Crippen LogP contribution in [0.15, 0.2) is 4.99 Å². The number of carboxylic acid groups (broad SMARTS) is 1. The van der Waals surface area contributed by atoms with Crippen LogP contribution in [0.3, 0.4) is 0 Å². The molecule has 1 aliphatic rings. The summed E-state index contributed by atoms with van der Waals surface area (Å²) in [5, 5.41) is 11.2. The Hall–Kier alpha value is -2.12. The number of rotatable bonds is 6. The molecule has 1 fully saturated rings. The summed E-state index contributed by atoms with van der Waals surface area (Å²) in [6.45, 7) is 1.48. The zero-order chi connectivity index (χ0) is 14.4. The molecule has 1 atom stereocenters. The van der Waals surface area contributed by atoms with Crippen LogP contribution in [0.4, 0.5) is 0 Å². The molecule has 1 aliphatic heterocycles. The lowest BCUT2D eigenvalue weighted by molar-refractivity contribution is -0.150. The predicted molar refractivity (Wildman–Crippen MR) is 67.5 cm³/mol. The van der Waals surface area contributed by atoms with Crippen LogP contribution in [-0.4, -0.2) is 59.3 Å². The number of aliphatic carboxylic acids is 1. The van der Waals surface area contributed by atoms with E-state index in [1.165, 1.54) is 0 Å². The second-order valence-corrected chi connectivity index (χ2v) is 4.37. The van der Waals surface area contributed by atoms with Crippen molar-refractivity contribution < 1.29 is 19.5 Å². The second kappa shape index (κ2) is 6.72. The SMILES string of the molecule is CC(N)=NCCCC1NC(=O)CN(CC(=O)O)C1=O. The van der Waals surface area contributed by atoms with Gasteiger partial charge in [-0.2, -0.15) is 0 Å². The number of amidine groups is 1.